The Morgan fingerprint density at radius 3 is 2.86 bits per heavy atom. The van der Waals surface area contributed by atoms with Crippen molar-refractivity contribution in [3.05, 3.63) is 24.5 Å². The van der Waals surface area contributed by atoms with Crippen LogP contribution in [0.1, 0.15) is 25.7 Å². The van der Waals surface area contributed by atoms with Crippen LogP contribution in [-0.2, 0) is 4.43 Å². The summed E-state index contributed by atoms with van der Waals surface area (Å²) in [6, 6.07) is 0. The zero-order valence-electron chi connectivity index (χ0n) is 9.68. The molecule has 1 rings (SSSR count). The lowest BCUT2D eigenvalue weighted by atomic mass is 9.91. The predicted molar refractivity (Wildman–Crippen MR) is 64.7 cm³/mol. The zero-order chi connectivity index (χ0) is 10.6. The smallest absolute Gasteiger partial charge is 0.241 e. The maximum absolute atomic E-state index is 6.10. The first-order valence-corrected chi connectivity index (χ1v) is 8.94. The van der Waals surface area contributed by atoms with Crippen LogP contribution in [0.5, 0.6) is 0 Å². The number of hydrogen-bond acceptors (Lipinski definition) is 1. The van der Waals surface area contributed by atoms with Crippen LogP contribution in [0.25, 0.3) is 0 Å². The molecule has 0 aromatic heterocycles. The van der Waals surface area contributed by atoms with Crippen molar-refractivity contribution in [1.82, 2.24) is 0 Å². The van der Waals surface area contributed by atoms with E-state index >= 15 is 0 Å². The minimum absolute atomic E-state index is 0.605. The monoisotopic (exact) mass is 210 g/mol. The van der Waals surface area contributed by atoms with Gasteiger partial charge >= 0.3 is 0 Å². The molecular formula is C12H22OSi. The van der Waals surface area contributed by atoms with E-state index in [0.717, 1.165) is 6.42 Å². The zero-order valence-corrected chi connectivity index (χ0v) is 10.7. The lowest BCUT2D eigenvalue weighted by molar-refractivity contribution is 0.312. The normalized spacial score (nSPS) is 22.8. The Morgan fingerprint density at radius 1 is 1.57 bits per heavy atom. The highest BCUT2D eigenvalue weighted by Gasteiger charge is 2.24. The van der Waals surface area contributed by atoms with Gasteiger partial charge < -0.3 is 4.43 Å². The van der Waals surface area contributed by atoms with Gasteiger partial charge in [-0.05, 0) is 51.4 Å². The molecule has 0 saturated carbocycles. The van der Waals surface area contributed by atoms with E-state index in [0.29, 0.717) is 5.92 Å². The van der Waals surface area contributed by atoms with Gasteiger partial charge in [-0.25, -0.2) is 0 Å². The first kappa shape index (κ1) is 11.6. The van der Waals surface area contributed by atoms with Crippen LogP contribution >= 0.6 is 0 Å². The number of allylic oxidation sites excluding steroid dienone is 3. The minimum Gasteiger partial charge on any atom is -0.547 e. The summed E-state index contributed by atoms with van der Waals surface area (Å²) in [5.74, 6) is 1.85. The lowest BCUT2D eigenvalue weighted by Crippen LogP contribution is -2.28. The molecule has 1 nitrogen and oxygen atoms in total. The average Bonchev–Trinajstić information content (AvgIpc) is 2.06. The third-order valence-electron chi connectivity index (χ3n) is 2.38. The molecule has 1 unspecified atom stereocenters. The number of rotatable bonds is 4. The fraction of sp³-hybridized carbons (Fsp3) is 0.667. The SMILES string of the molecule is C=CCC1CCCC=C1O[Si](C)(C)C. The molecule has 0 heterocycles. The molecular weight excluding hydrogens is 188 g/mol. The summed E-state index contributed by atoms with van der Waals surface area (Å²) in [6.45, 7) is 10.5. The Labute approximate surface area is 89.0 Å². The summed E-state index contributed by atoms with van der Waals surface area (Å²) in [7, 11) is -1.42. The fourth-order valence-corrected chi connectivity index (χ4v) is 2.79. The molecule has 0 spiro atoms. The van der Waals surface area contributed by atoms with Crippen LogP contribution in [0, 0.1) is 5.92 Å². The van der Waals surface area contributed by atoms with Gasteiger partial charge in [-0.3, -0.25) is 0 Å². The average molecular weight is 210 g/mol. The maximum Gasteiger partial charge on any atom is 0.241 e. The Hall–Kier alpha value is -0.503. The van der Waals surface area contributed by atoms with E-state index in [4.69, 9.17) is 4.43 Å². The molecule has 80 valence electrons. The first-order valence-electron chi connectivity index (χ1n) is 5.53. The molecule has 0 saturated heterocycles. The Balaban J connectivity index is 2.62. The summed E-state index contributed by atoms with van der Waals surface area (Å²) >= 11 is 0. The van der Waals surface area contributed by atoms with E-state index in [1.165, 1.54) is 25.0 Å². The van der Waals surface area contributed by atoms with Crippen LogP contribution in [0.3, 0.4) is 0 Å². The summed E-state index contributed by atoms with van der Waals surface area (Å²) in [6.07, 6.45) is 9.12. The van der Waals surface area contributed by atoms with Gasteiger partial charge in [-0.2, -0.15) is 0 Å². The van der Waals surface area contributed by atoms with E-state index in [1.54, 1.807) is 0 Å². The molecule has 0 radical (unpaired) electrons. The van der Waals surface area contributed by atoms with Crippen molar-refractivity contribution in [1.29, 1.82) is 0 Å². The van der Waals surface area contributed by atoms with Gasteiger partial charge in [0.2, 0.25) is 8.32 Å². The van der Waals surface area contributed by atoms with Gasteiger partial charge in [-0.15, -0.1) is 6.58 Å². The van der Waals surface area contributed by atoms with Crippen LogP contribution < -0.4 is 0 Å². The quantitative estimate of drug-likeness (QED) is 0.501. The van der Waals surface area contributed by atoms with Gasteiger partial charge in [-0.1, -0.05) is 6.08 Å². The highest BCUT2D eigenvalue weighted by molar-refractivity contribution is 6.70. The lowest BCUT2D eigenvalue weighted by Gasteiger charge is -2.29. The second-order valence-electron chi connectivity index (χ2n) is 4.97. The summed E-state index contributed by atoms with van der Waals surface area (Å²) in [5.41, 5.74) is 0. The van der Waals surface area contributed by atoms with Crippen molar-refractivity contribution in [2.24, 2.45) is 5.92 Å². The molecule has 0 aromatic rings. The van der Waals surface area contributed by atoms with Gasteiger partial charge in [0.15, 0.2) is 0 Å². The molecule has 1 aliphatic rings. The first-order chi connectivity index (χ1) is 6.53. The van der Waals surface area contributed by atoms with E-state index in [2.05, 4.69) is 32.3 Å². The van der Waals surface area contributed by atoms with E-state index in [-0.39, 0.29) is 0 Å². The van der Waals surface area contributed by atoms with Crippen LogP contribution in [0.15, 0.2) is 24.5 Å². The van der Waals surface area contributed by atoms with Crippen LogP contribution in [0.4, 0.5) is 0 Å². The highest BCUT2D eigenvalue weighted by atomic mass is 28.4. The highest BCUT2D eigenvalue weighted by Crippen LogP contribution is 2.30. The molecule has 2 heteroatoms. The van der Waals surface area contributed by atoms with Crippen molar-refractivity contribution in [3.8, 4) is 0 Å². The molecule has 0 fully saturated rings. The molecule has 14 heavy (non-hydrogen) atoms. The molecule has 0 amide bonds. The standard InChI is InChI=1S/C12H22OSi/c1-5-8-11-9-6-7-10-12(11)13-14(2,3)4/h5,10-11H,1,6-9H2,2-4H3. The van der Waals surface area contributed by atoms with Crippen molar-refractivity contribution in [2.75, 3.05) is 0 Å². The Morgan fingerprint density at radius 2 is 2.29 bits per heavy atom. The summed E-state index contributed by atoms with van der Waals surface area (Å²) in [4.78, 5) is 0. The molecule has 1 atom stereocenters. The van der Waals surface area contributed by atoms with Crippen molar-refractivity contribution < 1.29 is 4.43 Å². The van der Waals surface area contributed by atoms with Gasteiger partial charge in [0.25, 0.3) is 0 Å². The van der Waals surface area contributed by atoms with Gasteiger partial charge in [0.05, 0.1) is 5.76 Å². The van der Waals surface area contributed by atoms with Crippen molar-refractivity contribution in [3.63, 3.8) is 0 Å². The van der Waals surface area contributed by atoms with Gasteiger partial charge in [0.1, 0.15) is 0 Å². The van der Waals surface area contributed by atoms with E-state index in [1.807, 2.05) is 6.08 Å². The molecule has 1 aliphatic carbocycles. The third kappa shape index (κ3) is 3.70. The minimum atomic E-state index is -1.42. The van der Waals surface area contributed by atoms with Crippen LogP contribution in [0.2, 0.25) is 19.6 Å². The van der Waals surface area contributed by atoms with E-state index < -0.39 is 8.32 Å². The Bertz CT molecular complexity index is 225. The fourth-order valence-electron chi connectivity index (χ4n) is 1.83. The predicted octanol–water partition coefficient (Wildman–Crippen LogP) is 4.10. The topological polar surface area (TPSA) is 9.23 Å². The Kier molecular flexibility index (Phi) is 3.99. The number of hydrogen-bond donors (Lipinski definition) is 0. The molecule has 0 aromatic carbocycles. The van der Waals surface area contributed by atoms with Crippen LogP contribution in [-0.4, -0.2) is 8.32 Å². The molecule has 0 aliphatic heterocycles. The second-order valence-corrected chi connectivity index (χ2v) is 9.40. The third-order valence-corrected chi connectivity index (χ3v) is 3.23. The summed E-state index contributed by atoms with van der Waals surface area (Å²) < 4.78 is 6.10. The largest absolute Gasteiger partial charge is 0.547 e. The second kappa shape index (κ2) is 4.83. The summed E-state index contributed by atoms with van der Waals surface area (Å²) in [5, 5.41) is 0. The van der Waals surface area contributed by atoms with Crippen molar-refractivity contribution >= 4 is 8.32 Å². The molecule has 0 N–H and O–H groups in total. The van der Waals surface area contributed by atoms with Gasteiger partial charge in [0, 0.05) is 5.92 Å². The maximum atomic E-state index is 6.10. The molecule has 0 bridgehead atoms. The van der Waals surface area contributed by atoms with E-state index in [9.17, 15) is 0 Å². The van der Waals surface area contributed by atoms with Crippen molar-refractivity contribution in [2.45, 2.75) is 45.3 Å².